The summed E-state index contributed by atoms with van der Waals surface area (Å²) in [6, 6.07) is 11.8. The number of rotatable bonds is 8. The van der Waals surface area contributed by atoms with Crippen molar-refractivity contribution in [3.8, 4) is 0 Å². The van der Waals surface area contributed by atoms with Crippen LogP contribution in [0.25, 0.3) is 0 Å². The maximum absolute atomic E-state index is 14.4. The molecule has 3 atom stereocenters. The van der Waals surface area contributed by atoms with Crippen molar-refractivity contribution >= 4 is 33.4 Å². The molecule has 0 saturated carbocycles. The van der Waals surface area contributed by atoms with Gasteiger partial charge in [0.1, 0.15) is 18.1 Å². The molecular weight excluding hydrogens is 528 g/mol. The third kappa shape index (κ3) is 6.83. The lowest BCUT2D eigenvalue weighted by molar-refractivity contribution is -0.158. The van der Waals surface area contributed by atoms with Crippen LogP contribution in [-0.2, 0) is 37.2 Å². The maximum Gasteiger partial charge on any atom is 0.247 e. The minimum atomic E-state index is -3.50. The highest BCUT2D eigenvalue weighted by atomic mass is 32.2. The fourth-order valence-corrected chi connectivity index (χ4v) is 6.26. The van der Waals surface area contributed by atoms with E-state index in [-0.39, 0.29) is 23.7 Å². The number of fused-ring (bicyclic) bond motifs is 1. The van der Waals surface area contributed by atoms with E-state index in [4.69, 9.17) is 0 Å². The Balaban J connectivity index is 1.76. The molecule has 2 aromatic rings. The van der Waals surface area contributed by atoms with Gasteiger partial charge in [0.2, 0.25) is 27.7 Å². The summed E-state index contributed by atoms with van der Waals surface area (Å²) in [6.45, 7) is 9.53. The molecule has 1 aliphatic heterocycles. The topological polar surface area (TPSA) is 125 Å². The molecule has 9 nitrogen and oxygen atoms in total. The first-order chi connectivity index (χ1) is 18.6. The molecule has 4 rings (SSSR count). The quantitative estimate of drug-likeness (QED) is 0.451. The number of carbonyl (C=O) groups excluding carboxylic acids is 3. The Morgan fingerprint density at radius 3 is 2.10 bits per heavy atom. The standard InChI is InChI=1S/C30H40N4O5S/c1-18(2)15-24-27(35)31-25(22-16-20-9-7-8-10-21(20)17-22)29(37)34(24)26(28(36)32-30(3,4)5)19-11-13-23(14-12-19)33-40(6,38)39/h7-14,18,22,24-26,33H,15-17H2,1-6H3,(H,31,35)(H,32,36). The summed E-state index contributed by atoms with van der Waals surface area (Å²) in [5.41, 5.74) is 2.58. The molecule has 1 aliphatic carbocycles. The molecule has 2 aliphatic rings. The first-order valence-corrected chi connectivity index (χ1v) is 15.6. The zero-order valence-electron chi connectivity index (χ0n) is 24.0. The van der Waals surface area contributed by atoms with E-state index >= 15 is 0 Å². The lowest BCUT2D eigenvalue weighted by Crippen LogP contribution is -2.67. The summed E-state index contributed by atoms with van der Waals surface area (Å²) in [4.78, 5) is 43.4. The number of carbonyl (C=O) groups is 3. The van der Waals surface area contributed by atoms with Crippen molar-refractivity contribution in [3.05, 3.63) is 65.2 Å². The van der Waals surface area contributed by atoms with Gasteiger partial charge in [-0.3, -0.25) is 19.1 Å². The zero-order valence-corrected chi connectivity index (χ0v) is 24.8. The van der Waals surface area contributed by atoms with Gasteiger partial charge in [0.15, 0.2) is 0 Å². The van der Waals surface area contributed by atoms with E-state index in [1.165, 1.54) is 16.0 Å². The van der Waals surface area contributed by atoms with Crippen LogP contribution in [0, 0.1) is 11.8 Å². The molecule has 3 N–H and O–H groups in total. The molecule has 3 unspecified atom stereocenters. The van der Waals surface area contributed by atoms with Gasteiger partial charge in [0.25, 0.3) is 0 Å². The van der Waals surface area contributed by atoms with Gasteiger partial charge in [0, 0.05) is 11.2 Å². The second kappa shape index (κ2) is 11.2. The van der Waals surface area contributed by atoms with E-state index in [1.54, 1.807) is 24.3 Å². The molecule has 0 spiro atoms. The average Bonchev–Trinajstić information content (AvgIpc) is 3.26. The van der Waals surface area contributed by atoms with Crippen LogP contribution in [-0.4, -0.2) is 54.9 Å². The van der Waals surface area contributed by atoms with Crippen LogP contribution in [0.1, 0.15) is 63.8 Å². The molecule has 0 aromatic heterocycles. The van der Waals surface area contributed by atoms with Crippen LogP contribution in [0.15, 0.2) is 48.5 Å². The Morgan fingerprint density at radius 2 is 1.60 bits per heavy atom. The molecule has 216 valence electrons. The highest BCUT2D eigenvalue weighted by Crippen LogP contribution is 2.36. The Kier molecular flexibility index (Phi) is 8.31. The van der Waals surface area contributed by atoms with Gasteiger partial charge in [-0.15, -0.1) is 0 Å². The van der Waals surface area contributed by atoms with E-state index in [2.05, 4.69) is 27.5 Å². The average molecular weight is 569 g/mol. The van der Waals surface area contributed by atoms with E-state index in [9.17, 15) is 22.8 Å². The lowest BCUT2D eigenvalue weighted by Gasteiger charge is -2.45. The molecule has 1 heterocycles. The van der Waals surface area contributed by atoms with Crippen molar-refractivity contribution < 1.29 is 22.8 Å². The van der Waals surface area contributed by atoms with Gasteiger partial charge >= 0.3 is 0 Å². The molecule has 0 radical (unpaired) electrons. The highest BCUT2D eigenvalue weighted by Gasteiger charge is 2.49. The van der Waals surface area contributed by atoms with Gasteiger partial charge in [-0.05, 0) is 80.7 Å². The Hall–Kier alpha value is -3.40. The van der Waals surface area contributed by atoms with Crippen molar-refractivity contribution in [3.63, 3.8) is 0 Å². The maximum atomic E-state index is 14.4. The number of nitrogens with zero attached hydrogens (tertiary/aromatic N) is 1. The normalized spacial score (nSPS) is 20.7. The number of sulfonamides is 1. The Labute approximate surface area is 237 Å². The molecular formula is C30H40N4O5S. The van der Waals surface area contributed by atoms with E-state index < -0.39 is 39.6 Å². The summed E-state index contributed by atoms with van der Waals surface area (Å²) in [5, 5.41) is 6.02. The SMILES string of the molecule is CC(C)CC1C(=O)NC(C2Cc3ccccc3C2)C(=O)N1C(C(=O)NC(C)(C)C)c1ccc(NS(C)(=O)=O)cc1. The van der Waals surface area contributed by atoms with Crippen LogP contribution in [0.5, 0.6) is 0 Å². The third-order valence-corrected chi connectivity index (χ3v) is 7.87. The van der Waals surface area contributed by atoms with E-state index in [0.29, 0.717) is 30.5 Å². The van der Waals surface area contributed by atoms with Crippen molar-refractivity contribution in [2.75, 3.05) is 11.0 Å². The van der Waals surface area contributed by atoms with Crippen LogP contribution >= 0.6 is 0 Å². The fourth-order valence-electron chi connectivity index (χ4n) is 5.70. The van der Waals surface area contributed by atoms with Crippen LogP contribution in [0.4, 0.5) is 5.69 Å². The summed E-state index contributed by atoms with van der Waals surface area (Å²) in [7, 11) is -3.50. The molecule has 40 heavy (non-hydrogen) atoms. The smallest absolute Gasteiger partial charge is 0.247 e. The molecule has 1 saturated heterocycles. The minimum Gasteiger partial charge on any atom is -0.349 e. The number of anilines is 1. The number of piperazine rings is 1. The predicted molar refractivity (Wildman–Crippen MR) is 155 cm³/mol. The van der Waals surface area contributed by atoms with Crippen molar-refractivity contribution in [2.45, 2.75) is 77.5 Å². The van der Waals surface area contributed by atoms with Crippen LogP contribution < -0.4 is 15.4 Å². The molecule has 0 bridgehead atoms. The van der Waals surface area contributed by atoms with E-state index in [0.717, 1.165) is 6.26 Å². The Bertz CT molecular complexity index is 1360. The molecule has 1 fully saturated rings. The second-order valence-corrected chi connectivity index (χ2v) is 14.2. The van der Waals surface area contributed by atoms with Crippen LogP contribution in [0.3, 0.4) is 0 Å². The molecule has 3 amide bonds. The zero-order chi connectivity index (χ0) is 29.4. The molecule has 2 aromatic carbocycles. The number of benzene rings is 2. The summed E-state index contributed by atoms with van der Waals surface area (Å²) in [6.07, 6.45) is 2.78. The largest absolute Gasteiger partial charge is 0.349 e. The van der Waals surface area contributed by atoms with Gasteiger partial charge < -0.3 is 15.5 Å². The fraction of sp³-hybridized carbons (Fsp3) is 0.500. The van der Waals surface area contributed by atoms with Crippen molar-refractivity contribution in [1.29, 1.82) is 0 Å². The first kappa shape index (κ1) is 29.6. The van der Waals surface area contributed by atoms with Crippen molar-refractivity contribution in [1.82, 2.24) is 15.5 Å². The number of hydrogen-bond acceptors (Lipinski definition) is 5. The lowest BCUT2D eigenvalue weighted by atomic mass is 9.87. The number of amides is 3. The first-order valence-electron chi connectivity index (χ1n) is 13.7. The number of nitrogens with one attached hydrogen (secondary N) is 3. The third-order valence-electron chi connectivity index (χ3n) is 7.26. The van der Waals surface area contributed by atoms with Crippen molar-refractivity contribution in [2.24, 2.45) is 11.8 Å². The predicted octanol–water partition coefficient (Wildman–Crippen LogP) is 3.17. The van der Waals surface area contributed by atoms with Gasteiger partial charge in [-0.25, -0.2) is 8.42 Å². The summed E-state index contributed by atoms with van der Waals surface area (Å²) in [5.74, 6) is -0.981. The van der Waals surface area contributed by atoms with E-state index in [1.807, 2.05) is 46.8 Å². The minimum absolute atomic E-state index is 0.0889. The van der Waals surface area contributed by atoms with Gasteiger partial charge in [0.05, 0.1) is 6.26 Å². The van der Waals surface area contributed by atoms with Crippen LogP contribution in [0.2, 0.25) is 0 Å². The summed E-state index contributed by atoms with van der Waals surface area (Å²) >= 11 is 0. The highest BCUT2D eigenvalue weighted by molar-refractivity contribution is 7.92. The van der Waals surface area contributed by atoms with Gasteiger partial charge in [-0.2, -0.15) is 0 Å². The number of hydrogen-bond donors (Lipinski definition) is 3. The second-order valence-electron chi connectivity index (χ2n) is 12.5. The summed E-state index contributed by atoms with van der Waals surface area (Å²) < 4.78 is 25.9. The molecule has 10 heteroatoms. The monoisotopic (exact) mass is 568 g/mol. The van der Waals surface area contributed by atoms with Gasteiger partial charge in [-0.1, -0.05) is 50.2 Å². The Morgan fingerprint density at radius 1 is 1.02 bits per heavy atom.